The van der Waals surface area contributed by atoms with Crippen LogP contribution in [-0.4, -0.2) is 23.9 Å². The third-order valence-corrected chi connectivity index (χ3v) is 1.95. The molecule has 0 spiro atoms. The van der Waals surface area contributed by atoms with Crippen LogP contribution in [0.1, 0.15) is 0 Å². The van der Waals surface area contributed by atoms with Crippen molar-refractivity contribution in [3.8, 4) is 0 Å². The van der Waals surface area contributed by atoms with E-state index in [0.717, 1.165) is 0 Å². The Balaban J connectivity index is 3.45. The molecule has 0 amide bonds. The average Bonchev–Trinajstić information content (AvgIpc) is 1.99. The minimum atomic E-state index is -6.56. The molecule has 0 saturated heterocycles. The molecule has 0 aromatic rings. The highest BCUT2D eigenvalue weighted by Crippen LogP contribution is 2.65. The van der Waals surface area contributed by atoms with Gasteiger partial charge in [-0.15, -0.1) is 0 Å². The standard InChI is InChI=1S/C6F10/c7-2-1(5(11,12)13)3(8,4(2,9)10)6(14,15)16. The molecule has 10 heteroatoms. The van der Waals surface area contributed by atoms with Crippen molar-refractivity contribution in [1.82, 2.24) is 0 Å². The van der Waals surface area contributed by atoms with Crippen LogP contribution in [-0.2, 0) is 0 Å². The van der Waals surface area contributed by atoms with Crippen LogP contribution in [0.25, 0.3) is 0 Å². The molecule has 0 aliphatic heterocycles. The monoisotopic (exact) mass is 262 g/mol. The zero-order chi connectivity index (χ0) is 13.2. The molecule has 16 heavy (non-hydrogen) atoms. The highest BCUT2D eigenvalue weighted by molar-refractivity contribution is 5.47. The molecule has 0 radical (unpaired) electrons. The molecule has 1 aliphatic carbocycles. The van der Waals surface area contributed by atoms with Crippen LogP contribution < -0.4 is 0 Å². The summed E-state index contributed by atoms with van der Waals surface area (Å²) in [6.07, 6.45) is -12.7. The predicted molar refractivity (Wildman–Crippen MR) is 29.0 cm³/mol. The number of allylic oxidation sites excluding steroid dienone is 2. The van der Waals surface area contributed by atoms with Crippen LogP contribution in [0.4, 0.5) is 43.9 Å². The number of halogens is 10. The maximum Gasteiger partial charge on any atom is 0.433 e. The molecule has 0 aromatic heterocycles. The Labute approximate surface area is 80.5 Å². The van der Waals surface area contributed by atoms with E-state index < -0.39 is 35.3 Å². The van der Waals surface area contributed by atoms with Crippen LogP contribution in [0, 0.1) is 0 Å². The fourth-order valence-corrected chi connectivity index (χ4v) is 1.19. The van der Waals surface area contributed by atoms with Crippen molar-refractivity contribution in [3.05, 3.63) is 11.4 Å². The molecule has 0 saturated carbocycles. The molecule has 94 valence electrons. The smallest absolute Gasteiger partial charge is 0.221 e. The van der Waals surface area contributed by atoms with Crippen LogP contribution in [0.2, 0.25) is 0 Å². The first-order valence-electron chi connectivity index (χ1n) is 3.39. The molecule has 0 nitrogen and oxygen atoms in total. The Hall–Kier alpha value is -0.960. The summed E-state index contributed by atoms with van der Waals surface area (Å²) < 4.78 is 120. The third-order valence-electron chi connectivity index (χ3n) is 1.95. The Morgan fingerprint density at radius 1 is 0.812 bits per heavy atom. The van der Waals surface area contributed by atoms with Crippen molar-refractivity contribution in [2.24, 2.45) is 0 Å². The largest absolute Gasteiger partial charge is 0.433 e. The molecular weight excluding hydrogens is 262 g/mol. The van der Waals surface area contributed by atoms with E-state index >= 15 is 0 Å². The summed E-state index contributed by atoms with van der Waals surface area (Å²) in [5.41, 5.74) is -9.56. The second-order valence-electron chi connectivity index (χ2n) is 2.92. The van der Waals surface area contributed by atoms with Gasteiger partial charge in [0.15, 0.2) is 5.83 Å². The van der Waals surface area contributed by atoms with Gasteiger partial charge in [0.1, 0.15) is 5.57 Å². The summed E-state index contributed by atoms with van der Waals surface area (Å²) in [7, 11) is 0. The van der Waals surface area contributed by atoms with Gasteiger partial charge in [-0.3, -0.25) is 0 Å². The number of alkyl halides is 9. The van der Waals surface area contributed by atoms with Gasteiger partial charge in [0.25, 0.3) is 0 Å². The second kappa shape index (κ2) is 2.83. The average molecular weight is 262 g/mol. The lowest BCUT2D eigenvalue weighted by atomic mass is 9.75. The first-order chi connectivity index (χ1) is 6.78. The molecule has 0 N–H and O–H groups in total. The van der Waals surface area contributed by atoms with Crippen molar-refractivity contribution in [2.45, 2.75) is 23.9 Å². The molecule has 0 fully saturated rings. The van der Waals surface area contributed by atoms with Crippen molar-refractivity contribution in [1.29, 1.82) is 0 Å². The SMILES string of the molecule is FC1=C(C(F)(F)F)C(F)(C(F)(F)F)C1(F)F. The molecule has 1 atom stereocenters. The molecule has 1 unspecified atom stereocenters. The van der Waals surface area contributed by atoms with E-state index in [4.69, 9.17) is 0 Å². The summed E-state index contributed by atoms with van der Waals surface area (Å²) in [6, 6.07) is 0. The summed E-state index contributed by atoms with van der Waals surface area (Å²) in [4.78, 5) is 0. The van der Waals surface area contributed by atoms with Crippen molar-refractivity contribution < 1.29 is 43.9 Å². The molecular formula is C6F10. The van der Waals surface area contributed by atoms with Gasteiger partial charge in [-0.2, -0.15) is 35.1 Å². The van der Waals surface area contributed by atoms with E-state index in [1.807, 2.05) is 0 Å². The third kappa shape index (κ3) is 1.24. The quantitative estimate of drug-likeness (QED) is 0.584. The molecule has 0 heterocycles. The van der Waals surface area contributed by atoms with E-state index in [1.54, 1.807) is 0 Å². The van der Waals surface area contributed by atoms with Gasteiger partial charge in [-0.05, 0) is 0 Å². The van der Waals surface area contributed by atoms with Gasteiger partial charge in [0, 0.05) is 0 Å². The Kier molecular flexibility index (Phi) is 2.32. The van der Waals surface area contributed by atoms with Crippen LogP contribution >= 0.6 is 0 Å². The Morgan fingerprint density at radius 2 is 1.19 bits per heavy atom. The lowest BCUT2D eigenvalue weighted by molar-refractivity contribution is -0.316. The highest BCUT2D eigenvalue weighted by atomic mass is 19.4. The van der Waals surface area contributed by atoms with Gasteiger partial charge >= 0.3 is 23.9 Å². The summed E-state index contributed by atoms with van der Waals surface area (Å²) >= 11 is 0. The Bertz CT molecular complexity index is 343. The molecule has 1 rings (SSSR count). The van der Waals surface area contributed by atoms with Gasteiger partial charge < -0.3 is 0 Å². The minimum Gasteiger partial charge on any atom is -0.221 e. The zero-order valence-corrected chi connectivity index (χ0v) is 6.78. The predicted octanol–water partition coefficient (Wildman–Crippen LogP) is 3.69. The molecule has 1 aliphatic rings. The normalized spacial score (nSPS) is 30.4. The number of rotatable bonds is 0. The maximum atomic E-state index is 12.7. The zero-order valence-electron chi connectivity index (χ0n) is 6.78. The summed E-state index contributed by atoms with van der Waals surface area (Å²) in [5.74, 6) is -9.30. The molecule has 0 bridgehead atoms. The topological polar surface area (TPSA) is 0 Å². The Morgan fingerprint density at radius 3 is 1.38 bits per heavy atom. The molecule has 0 aromatic carbocycles. The van der Waals surface area contributed by atoms with E-state index in [0.29, 0.717) is 0 Å². The van der Waals surface area contributed by atoms with E-state index in [9.17, 15) is 43.9 Å². The number of hydrogen-bond acceptors (Lipinski definition) is 0. The number of hydrogen-bond donors (Lipinski definition) is 0. The van der Waals surface area contributed by atoms with E-state index in [1.165, 1.54) is 0 Å². The van der Waals surface area contributed by atoms with Gasteiger partial charge in [-0.25, -0.2) is 8.78 Å². The summed E-state index contributed by atoms with van der Waals surface area (Å²) in [6.45, 7) is 0. The first-order valence-corrected chi connectivity index (χ1v) is 3.39. The highest BCUT2D eigenvalue weighted by Gasteiger charge is 2.87. The second-order valence-corrected chi connectivity index (χ2v) is 2.92. The van der Waals surface area contributed by atoms with Crippen molar-refractivity contribution >= 4 is 0 Å². The van der Waals surface area contributed by atoms with E-state index in [-0.39, 0.29) is 0 Å². The minimum absolute atomic E-state index is 3.44. The fourth-order valence-electron chi connectivity index (χ4n) is 1.19. The lowest BCUT2D eigenvalue weighted by Gasteiger charge is -2.43. The van der Waals surface area contributed by atoms with Crippen molar-refractivity contribution in [2.75, 3.05) is 0 Å². The first kappa shape index (κ1) is 13.1. The van der Waals surface area contributed by atoms with Gasteiger partial charge in [-0.1, -0.05) is 0 Å². The fraction of sp³-hybridized carbons (Fsp3) is 0.667. The summed E-state index contributed by atoms with van der Waals surface area (Å²) in [5, 5.41) is 0. The van der Waals surface area contributed by atoms with Crippen LogP contribution in [0.5, 0.6) is 0 Å². The van der Waals surface area contributed by atoms with Crippen LogP contribution in [0.3, 0.4) is 0 Å². The lowest BCUT2D eigenvalue weighted by Crippen LogP contribution is -2.67. The van der Waals surface area contributed by atoms with Crippen molar-refractivity contribution in [3.63, 3.8) is 0 Å². The maximum absolute atomic E-state index is 12.7. The van der Waals surface area contributed by atoms with Gasteiger partial charge in [0.05, 0.1) is 0 Å². The van der Waals surface area contributed by atoms with Crippen LogP contribution in [0.15, 0.2) is 11.4 Å². The van der Waals surface area contributed by atoms with E-state index in [2.05, 4.69) is 0 Å². The van der Waals surface area contributed by atoms with Gasteiger partial charge in [0.2, 0.25) is 0 Å².